The summed E-state index contributed by atoms with van der Waals surface area (Å²) in [5, 5.41) is 6.53. The summed E-state index contributed by atoms with van der Waals surface area (Å²) in [5.41, 5.74) is 2.02. The van der Waals surface area contributed by atoms with Gasteiger partial charge in [0.15, 0.2) is 0 Å². The molecule has 1 aromatic rings. The molecule has 0 saturated heterocycles. The van der Waals surface area contributed by atoms with Gasteiger partial charge in [-0.25, -0.2) is 0 Å². The second kappa shape index (κ2) is 7.48. The normalized spacial score (nSPS) is 22.1. The van der Waals surface area contributed by atoms with Crippen LogP contribution in [-0.2, 0) is 4.79 Å². The molecule has 0 bridgehead atoms. The number of hydrogen-bond donors (Lipinski definition) is 2. The Morgan fingerprint density at radius 3 is 2.19 bits per heavy atom. The lowest BCUT2D eigenvalue weighted by Gasteiger charge is -2.29. The fraction of sp³-hybridized carbons (Fsp3) is 0.611. The van der Waals surface area contributed by atoms with Gasteiger partial charge in [-0.15, -0.1) is 0 Å². The highest BCUT2D eigenvalue weighted by atomic mass is 16.1. The van der Waals surface area contributed by atoms with Gasteiger partial charge in [-0.2, -0.15) is 0 Å². The molecule has 0 unspecified atom stereocenters. The van der Waals surface area contributed by atoms with Crippen LogP contribution in [0.5, 0.6) is 0 Å². The molecule has 1 aromatic carbocycles. The van der Waals surface area contributed by atoms with E-state index in [2.05, 4.69) is 29.7 Å². The minimum Gasteiger partial charge on any atom is -0.382 e. The third-order valence-electron chi connectivity index (χ3n) is 4.47. The van der Waals surface area contributed by atoms with Crippen LogP contribution in [0.15, 0.2) is 24.3 Å². The van der Waals surface area contributed by atoms with Gasteiger partial charge in [-0.05, 0) is 55.9 Å². The van der Waals surface area contributed by atoms with Crippen LogP contribution < -0.4 is 10.6 Å². The van der Waals surface area contributed by atoms with E-state index in [-0.39, 0.29) is 11.8 Å². The fourth-order valence-electron chi connectivity index (χ4n) is 2.89. The van der Waals surface area contributed by atoms with Gasteiger partial charge in [0, 0.05) is 23.3 Å². The molecule has 0 aromatic heterocycles. The van der Waals surface area contributed by atoms with Crippen molar-refractivity contribution in [2.45, 2.75) is 58.9 Å². The van der Waals surface area contributed by atoms with Crippen molar-refractivity contribution in [3.05, 3.63) is 24.3 Å². The SMILES string of the molecule is CCC1CCC(Nc2ccc(NC(=O)C(C)C)cc2)CC1. The van der Waals surface area contributed by atoms with Crippen molar-refractivity contribution in [2.24, 2.45) is 11.8 Å². The smallest absolute Gasteiger partial charge is 0.226 e. The highest BCUT2D eigenvalue weighted by molar-refractivity contribution is 5.92. The molecule has 1 amide bonds. The monoisotopic (exact) mass is 288 g/mol. The Balaban J connectivity index is 1.84. The Labute approximate surface area is 128 Å². The molecule has 1 fully saturated rings. The van der Waals surface area contributed by atoms with Crippen LogP contribution in [0.3, 0.4) is 0 Å². The van der Waals surface area contributed by atoms with Gasteiger partial charge in [0.05, 0.1) is 0 Å². The molecular weight excluding hydrogens is 260 g/mol. The first kappa shape index (κ1) is 15.9. The standard InChI is InChI=1S/C18H28N2O/c1-4-14-5-7-15(8-6-14)19-16-9-11-17(12-10-16)20-18(21)13(2)3/h9-15,19H,4-8H2,1-3H3,(H,20,21). The molecule has 1 aliphatic carbocycles. The molecule has 3 heteroatoms. The van der Waals surface area contributed by atoms with E-state index in [1.165, 1.54) is 32.1 Å². The van der Waals surface area contributed by atoms with Crippen LogP contribution in [0.4, 0.5) is 11.4 Å². The second-order valence-electron chi connectivity index (χ2n) is 6.49. The zero-order valence-corrected chi connectivity index (χ0v) is 13.5. The highest BCUT2D eigenvalue weighted by Crippen LogP contribution is 2.28. The maximum atomic E-state index is 11.6. The van der Waals surface area contributed by atoms with Crippen molar-refractivity contribution in [3.8, 4) is 0 Å². The van der Waals surface area contributed by atoms with Gasteiger partial charge < -0.3 is 10.6 Å². The minimum absolute atomic E-state index is 0.0107. The Morgan fingerprint density at radius 1 is 1.10 bits per heavy atom. The van der Waals surface area contributed by atoms with Gasteiger partial charge in [0.1, 0.15) is 0 Å². The lowest BCUT2D eigenvalue weighted by atomic mass is 9.84. The van der Waals surface area contributed by atoms with Gasteiger partial charge >= 0.3 is 0 Å². The first-order valence-corrected chi connectivity index (χ1v) is 8.26. The second-order valence-corrected chi connectivity index (χ2v) is 6.49. The predicted molar refractivity (Wildman–Crippen MR) is 89.6 cm³/mol. The molecule has 0 radical (unpaired) electrons. The van der Waals surface area contributed by atoms with Gasteiger partial charge in [0.25, 0.3) is 0 Å². The first-order chi connectivity index (χ1) is 10.1. The molecule has 0 atom stereocenters. The Morgan fingerprint density at radius 2 is 1.67 bits per heavy atom. The van der Waals surface area contributed by atoms with E-state index in [0.29, 0.717) is 6.04 Å². The van der Waals surface area contributed by atoms with Crippen LogP contribution >= 0.6 is 0 Å². The summed E-state index contributed by atoms with van der Waals surface area (Å²) < 4.78 is 0. The summed E-state index contributed by atoms with van der Waals surface area (Å²) in [6, 6.07) is 8.66. The van der Waals surface area contributed by atoms with Crippen LogP contribution in [0, 0.1) is 11.8 Å². The van der Waals surface area contributed by atoms with E-state index in [4.69, 9.17) is 0 Å². The van der Waals surface area contributed by atoms with Gasteiger partial charge in [-0.3, -0.25) is 4.79 Å². The summed E-state index contributed by atoms with van der Waals surface area (Å²) in [6.07, 6.45) is 6.54. The molecule has 0 aliphatic heterocycles. The van der Waals surface area contributed by atoms with Crippen LogP contribution in [0.1, 0.15) is 52.9 Å². The first-order valence-electron chi connectivity index (χ1n) is 8.26. The van der Waals surface area contributed by atoms with E-state index >= 15 is 0 Å². The average molecular weight is 288 g/mol. The van der Waals surface area contributed by atoms with Crippen LogP contribution in [-0.4, -0.2) is 11.9 Å². The number of carbonyl (C=O) groups is 1. The highest BCUT2D eigenvalue weighted by Gasteiger charge is 2.19. The van der Waals surface area contributed by atoms with E-state index in [1.807, 2.05) is 26.0 Å². The van der Waals surface area contributed by atoms with Gasteiger partial charge in [0.2, 0.25) is 5.91 Å². The van der Waals surface area contributed by atoms with Crippen LogP contribution in [0.25, 0.3) is 0 Å². The molecule has 2 N–H and O–H groups in total. The van der Waals surface area contributed by atoms with E-state index in [0.717, 1.165) is 17.3 Å². The van der Waals surface area contributed by atoms with E-state index in [9.17, 15) is 4.79 Å². The molecule has 21 heavy (non-hydrogen) atoms. The minimum atomic E-state index is 0.0107. The Hall–Kier alpha value is -1.51. The molecule has 0 spiro atoms. The number of rotatable bonds is 5. The third-order valence-corrected chi connectivity index (χ3v) is 4.47. The summed E-state index contributed by atoms with van der Waals surface area (Å²) >= 11 is 0. The maximum Gasteiger partial charge on any atom is 0.226 e. The summed E-state index contributed by atoms with van der Waals surface area (Å²) in [5.74, 6) is 1.00. The maximum absolute atomic E-state index is 11.6. The molecule has 2 rings (SSSR count). The topological polar surface area (TPSA) is 41.1 Å². The van der Waals surface area contributed by atoms with E-state index < -0.39 is 0 Å². The number of carbonyl (C=O) groups excluding carboxylic acids is 1. The van der Waals surface area contributed by atoms with Crippen molar-refractivity contribution in [1.82, 2.24) is 0 Å². The molecule has 116 valence electrons. The van der Waals surface area contributed by atoms with Crippen molar-refractivity contribution in [1.29, 1.82) is 0 Å². The van der Waals surface area contributed by atoms with Crippen molar-refractivity contribution in [2.75, 3.05) is 10.6 Å². The average Bonchev–Trinajstić information content (AvgIpc) is 2.50. The largest absolute Gasteiger partial charge is 0.382 e. The van der Waals surface area contributed by atoms with Crippen molar-refractivity contribution < 1.29 is 4.79 Å². The quantitative estimate of drug-likeness (QED) is 0.827. The fourth-order valence-corrected chi connectivity index (χ4v) is 2.89. The molecule has 1 aliphatic rings. The summed E-state index contributed by atoms with van der Waals surface area (Å²) in [6.45, 7) is 6.10. The predicted octanol–water partition coefficient (Wildman–Crippen LogP) is 4.66. The van der Waals surface area contributed by atoms with Crippen LogP contribution in [0.2, 0.25) is 0 Å². The third kappa shape index (κ3) is 4.76. The number of amides is 1. The van der Waals surface area contributed by atoms with Crippen molar-refractivity contribution in [3.63, 3.8) is 0 Å². The molecule has 3 nitrogen and oxygen atoms in total. The zero-order chi connectivity index (χ0) is 15.2. The number of anilines is 2. The Kier molecular flexibility index (Phi) is 5.66. The van der Waals surface area contributed by atoms with Crippen molar-refractivity contribution >= 4 is 17.3 Å². The summed E-state index contributed by atoms with van der Waals surface area (Å²) in [4.78, 5) is 11.6. The number of benzene rings is 1. The lowest BCUT2D eigenvalue weighted by Crippen LogP contribution is -2.25. The summed E-state index contributed by atoms with van der Waals surface area (Å²) in [7, 11) is 0. The van der Waals surface area contributed by atoms with Gasteiger partial charge in [-0.1, -0.05) is 27.2 Å². The lowest BCUT2D eigenvalue weighted by molar-refractivity contribution is -0.118. The molecule has 0 heterocycles. The van der Waals surface area contributed by atoms with E-state index in [1.54, 1.807) is 0 Å². The molecule has 1 saturated carbocycles. The number of hydrogen-bond acceptors (Lipinski definition) is 2. The molecular formula is C18H28N2O. The zero-order valence-electron chi connectivity index (χ0n) is 13.5. The number of nitrogens with one attached hydrogen (secondary N) is 2. The Bertz CT molecular complexity index is 445.